The highest BCUT2D eigenvalue weighted by Gasteiger charge is 2.24. The molecule has 0 saturated heterocycles. The summed E-state index contributed by atoms with van der Waals surface area (Å²) < 4.78 is 6.06. The van der Waals surface area contributed by atoms with Crippen LogP contribution in [-0.2, 0) is 6.42 Å². The molecule has 1 fully saturated rings. The van der Waals surface area contributed by atoms with E-state index in [1.807, 2.05) is 12.4 Å². The van der Waals surface area contributed by atoms with Gasteiger partial charge in [0.2, 0.25) is 0 Å². The Balaban J connectivity index is 1.36. The molecule has 1 heterocycles. The van der Waals surface area contributed by atoms with Crippen LogP contribution in [0.3, 0.4) is 0 Å². The highest BCUT2D eigenvalue weighted by atomic mass is 16.5. The predicted molar refractivity (Wildman–Crippen MR) is 144 cm³/mol. The molecule has 1 saturated carbocycles. The van der Waals surface area contributed by atoms with Crippen molar-refractivity contribution in [1.29, 1.82) is 0 Å². The number of rotatable bonds is 16. The zero-order chi connectivity index (χ0) is 23.8. The molecule has 1 aliphatic carbocycles. The average molecular weight is 465 g/mol. The van der Waals surface area contributed by atoms with Crippen LogP contribution in [0.4, 0.5) is 0 Å². The van der Waals surface area contributed by atoms with E-state index >= 15 is 0 Å². The lowest BCUT2D eigenvalue weighted by atomic mass is 9.75. The van der Waals surface area contributed by atoms with Crippen LogP contribution in [-0.4, -0.2) is 16.6 Å². The first-order valence-electron chi connectivity index (χ1n) is 14.3. The number of benzene rings is 1. The summed E-state index contributed by atoms with van der Waals surface area (Å²) in [5.41, 5.74) is 2.30. The summed E-state index contributed by atoms with van der Waals surface area (Å²) in [6.07, 6.45) is 25.4. The first kappa shape index (κ1) is 26.7. The maximum Gasteiger partial charge on any atom is 0.159 e. The van der Waals surface area contributed by atoms with Gasteiger partial charge in [-0.15, -0.1) is 0 Å². The van der Waals surface area contributed by atoms with Crippen molar-refractivity contribution in [2.75, 3.05) is 6.61 Å². The fraction of sp³-hybridized carbons (Fsp3) is 0.677. The lowest BCUT2D eigenvalue weighted by Crippen LogP contribution is -2.20. The first-order chi connectivity index (χ1) is 16.8. The fourth-order valence-electron chi connectivity index (χ4n) is 5.49. The second-order valence-corrected chi connectivity index (χ2v) is 10.4. The standard InChI is InChI=1S/C31H48N2O/c1-3-5-7-8-9-10-14-26-24-32-31(33-25-26)29-19-21-30(22-20-29)34-23-13-18-28-17-12-11-16-27(28)15-6-4-2/h19-22,24-25,27-28H,3-18,23H2,1-2H3. The van der Waals surface area contributed by atoms with Crippen molar-refractivity contribution in [2.45, 2.75) is 117 Å². The molecule has 34 heavy (non-hydrogen) atoms. The lowest BCUT2D eigenvalue weighted by molar-refractivity contribution is 0.191. The Labute approximate surface area is 209 Å². The van der Waals surface area contributed by atoms with Crippen LogP contribution < -0.4 is 4.74 Å². The van der Waals surface area contributed by atoms with Crippen LogP contribution in [0.2, 0.25) is 0 Å². The summed E-state index contributed by atoms with van der Waals surface area (Å²) in [5, 5.41) is 0. The van der Waals surface area contributed by atoms with Crippen molar-refractivity contribution < 1.29 is 4.74 Å². The third kappa shape index (κ3) is 9.39. The number of hydrogen-bond acceptors (Lipinski definition) is 3. The van der Waals surface area contributed by atoms with Crippen molar-refractivity contribution in [3.05, 3.63) is 42.2 Å². The highest BCUT2D eigenvalue weighted by molar-refractivity contribution is 5.55. The minimum absolute atomic E-state index is 0.800. The second kappa shape index (κ2) is 15.9. The molecule has 188 valence electrons. The van der Waals surface area contributed by atoms with E-state index in [0.717, 1.165) is 48.4 Å². The minimum atomic E-state index is 0.800. The van der Waals surface area contributed by atoms with E-state index in [-0.39, 0.29) is 0 Å². The largest absolute Gasteiger partial charge is 0.494 e. The quantitative estimate of drug-likeness (QED) is 0.232. The van der Waals surface area contributed by atoms with Gasteiger partial charge >= 0.3 is 0 Å². The Bertz CT molecular complexity index is 771. The number of unbranched alkanes of at least 4 members (excludes halogenated alkanes) is 6. The van der Waals surface area contributed by atoms with E-state index in [0.29, 0.717) is 0 Å². The van der Waals surface area contributed by atoms with E-state index in [9.17, 15) is 0 Å². The summed E-state index contributed by atoms with van der Waals surface area (Å²) >= 11 is 0. The van der Waals surface area contributed by atoms with Gasteiger partial charge in [0.15, 0.2) is 5.82 Å². The zero-order valence-corrected chi connectivity index (χ0v) is 21.9. The molecule has 3 nitrogen and oxygen atoms in total. The zero-order valence-electron chi connectivity index (χ0n) is 21.9. The number of nitrogens with zero attached hydrogens (tertiary/aromatic N) is 2. The smallest absolute Gasteiger partial charge is 0.159 e. The Hall–Kier alpha value is -1.90. The molecule has 0 spiro atoms. The molecule has 1 aliphatic rings. The van der Waals surface area contributed by atoms with Crippen molar-refractivity contribution in [1.82, 2.24) is 9.97 Å². The Morgan fingerprint density at radius 2 is 1.35 bits per heavy atom. The van der Waals surface area contributed by atoms with Crippen LogP contribution in [0, 0.1) is 11.8 Å². The van der Waals surface area contributed by atoms with Crippen molar-refractivity contribution in [3.63, 3.8) is 0 Å². The lowest BCUT2D eigenvalue weighted by Gasteiger charge is -2.31. The van der Waals surface area contributed by atoms with E-state index < -0.39 is 0 Å². The number of ether oxygens (including phenoxy) is 1. The van der Waals surface area contributed by atoms with E-state index in [4.69, 9.17) is 4.74 Å². The van der Waals surface area contributed by atoms with E-state index in [1.165, 1.54) is 95.5 Å². The van der Waals surface area contributed by atoms with Gasteiger partial charge in [0, 0.05) is 18.0 Å². The molecule has 0 bridgehead atoms. The summed E-state index contributed by atoms with van der Waals surface area (Å²) in [5.74, 6) is 3.64. The molecule has 2 atom stereocenters. The molecule has 3 heteroatoms. The first-order valence-corrected chi connectivity index (χ1v) is 14.3. The minimum Gasteiger partial charge on any atom is -0.494 e. The Kier molecular flexibility index (Phi) is 12.5. The molecule has 3 rings (SSSR count). The number of aryl methyl sites for hydroxylation is 1. The van der Waals surface area contributed by atoms with Gasteiger partial charge < -0.3 is 4.74 Å². The normalized spacial score (nSPS) is 18.2. The highest BCUT2D eigenvalue weighted by Crippen LogP contribution is 2.36. The van der Waals surface area contributed by atoms with Gasteiger partial charge in [-0.25, -0.2) is 9.97 Å². The molecular formula is C31H48N2O. The summed E-state index contributed by atoms with van der Waals surface area (Å²) in [6, 6.07) is 8.29. The summed E-state index contributed by atoms with van der Waals surface area (Å²) in [7, 11) is 0. The predicted octanol–water partition coefficient (Wildman–Crippen LogP) is 9.20. The third-order valence-electron chi connectivity index (χ3n) is 7.62. The van der Waals surface area contributed by atoms with Gasteiger partial charge in [-0.3, -0.25) is 0 Å². The van der Waals surface area contributed by atoms with Gasteiger partial charge in [0.25, 0.3) is 0 Å². The molecular weight excluding hydrogens is 416 g/mol. The van der Waals surface area contributed by atoms with Crippen LogP contribution in [0.5, 0.6) is 5.75 Å². The monoisotopic (exact) mass is 464 g/mol. The summed E-state index contributed by atoms with van der Waals surface area (Å²) in [6.45, 7) is 5.40. The van der Waals surface area contributed by atoms with Crippen molar-refractivity contribution in [3.8, 4) is 17.1 Å². The molecule has 0 radical (unpaired) electrons. The van der Waals surface area contributed by atoms with Crippen LogP contribution in [0.1, 0.15) is 116 Å². The van der Waals surface area contributed by atoms with E-state index in [2.05, 4.69) is 48.1 Å². The number of aromatic nitrogens is 2. The Morgan fingerprint density at radius 3 is 2.03 bits per heavy atom. The molecule has 1 aromatic heterocycles. The van der Waals surface area contributed by atoms with Gasteiger partial charge in [-0.1, -0.05) is 90.9 Å². The van der Waals surface area contributed by atoms with Gasteiger partial charge in [0.05, 0.1) is 6.61 Å². The molecule has 1 aromatic carbocycles. The molecule has 2 aromatic rings. The maximum atomic E-state index is 6.06. The van der Waals surface area contributed by atoms with Crippen LogP contribution in [0.25, 0.3) is 11.4 Å². The third-order valence-corrected chi connectivity index (χ3v) is 7.62. The van der Waals surface area contributed by atoms with Crippen molar-refractivity contribution >= 4 is 0 Å². The van der Waals surface area contributed by atoms with Gasteiger partial charge in [-0.2, -0.15) is 0 Å². The second-order valence-electron chi connectivity index (χ2n) is 10.4. The SMILES string of the molecule is CCCCCCCCc1cnc(-c2ccc(OCCCC3CCCCC3CCCC)cc2)nc1. The Morgan fingerprint density at radius 1 is 0.735 bits per heavy atom. The molecule has 0 amide bonds. The van der Waals surface area contributed by atoms with Crippen LogP contribution in [0.15, 0.2) is 36.7 Å². The van der Waals surface area contributed by atoms with E-state index in [1.54, 1.807) is 0 Å². The topological polar surface area (TPSA) is 35.0 Å². The molecule has 2 unspecified atom stereocenters. The van der Waals surface area contributed by atoms with Gasteiger partial charge in [0.1, 0.15) is 5.75 Å². The fourth-order valence-corrected chi connectivity index (χ4v) is 5.49. The van der Waals surface area contributed by atoms with Crippen LogP contribution >= 0.6 is 0 Å². The van der Waals surface area contributed by atoms with Gasteiger partial charge in [-0.05, 0) is 67.3 Å². The number of hydrogen-bond donors (Lipinski definition) is 0. The molecule has 0 aliphatic heterocycles. The van der Waals surface area contributed by atoms with Crippen molar-refractivity contribution in [2.24, 2.45) is 11.8 Å². The maximum absolute atomic E-state index is 6.06. The summed E-state index contributed by atoms with van der Waals surface area (Å²) in [4.78, 5) is 9.22. The average Bonchev–Trinajstić information content (AvgIpc) is 2.89. The molecule has 0 N–H and O–H groups in total.